The Labute approximate surface area is 179 Å². The molecule has 1 heterocycles. The highest BCUT2D eigenvalue weighted by atomic mass is 19.4. The van der Waals surface area contributed by atoms with Crippen LogP contribution in [-0.2, 0) is 0 Å². The van der Waals surface area contributed by atoms with E-state index in [1.165, 1.54) is 24.3 Å². The second-order valence-corrected chi connectivity index (χ2v) is 7.37. The number of ether oxygens (including phenoxy) is 2. The predicted octanol–water partition coefficient (Wildman–Crippen LogP) is 6.21. The zero-order chi connectivity index (χ0) is 21.7. The van der Waals surface area contributed by atoms with E-state index in [2.05, 4.69) is 15.4 Å². The van der Waals surface area contributed by atoms with Gasteiger partial charge in [0.1, 0.15) is 11.5 Å². The third-order valence-corrected chi connectivity index (χ3v) is 5.08. The molecular weight excluding hydrogens is 405 g/mol. The van der Waals surface area contributed by atoms with Gasteiger partial charge in [0.05, 0.1) is 5.69 Å². The van der Waals surface area contributed by atoms with E-state index in [0.29, 0.717) is 17.5 Å². The smallest absolute Gasteiger partial charge is 0.455 e. The van der Waals surface area contributed by atoms with Crippen LogP contribution in [0.2, 0.25) is 0 Å². The number of benzene rings is 3. The van der Waals surface area contributed by atoms with Gasteiger partial charge in [-0.2, -0.15) is 0 Å². The van der Waals surface area contributed by atoms with E-state index >= 15 is 0 Å². The minimum absolute atomic E-state index is 0.288. The van der Waals surface area contributed by atoms with E-state index in [0.717, 1.165) is 42.7 Å². The van der Waals surface area contributed by atoms with Crippen molar-refractivity contribution in [1.82, 2.24) is 5.32 Å². The maximum atomic E-state index is 12.4. The molecule has 0 aromatic heterocycles. The largest absolute Gasteiger partial charge is 0.573 e. The molecule has 0 spiro atoms. The van der Waals surface area contributed by atoms with Crippen molar-refractivity contribution in [3.8, 4) is 28.4 Å². The molecule has 7 heteroatoms. The fraction of sp³-hybridized carbons (Fsp3) is 0.250. The molecule has 1 aliphatic heterocycles. The van der Waals surface area contributed by atoms with Crippen molar-refractivity contribution in [1.29, 1.82) is 0 Å². The van der Waals surface area contributed by atoms with Gasteiger partial charge in [-0.25, -0.2) is 0 Å². The van der Waals surface area contributed by atoms with Crippen LogP contribution in [0.4, 0.5) is 18.9 Å². The van der Waals surface area contributed by atoms with Gasteiger partial charge in [-0.15, -0.1) is 13.2 Å². The van der Waals surface area contributed by atoms with Crippen molar-refractivity contribution >= 4 is 5.69 Å². The van der Waals surface area contributed by atoms with E-state index < -0.39 is 6.36 Å². The Morgan fingerprint density at radius 1 is 0.903 bits per heavy atom. The molecule has 1 atom stereocenters. The highest BCUT2D eigenvalue weighted by Crippen LogP contribution is 2.35. The molecule has 3 aromatic carbocycles. The van der Waals surface area contributed by atoms with Gasteiger partial charge in [0.2, 0.25) is 0 Å². The SMILES string of the molecule is FC(F)(F)Oc1ccc(Oc2cc(-c3ccccc3)ccc2NC[C@@H]2CCCN2)cc1. The molecule has 3 aromatic rings. The van der Waals surface area contributed by atoms with Crippen molar-refractivity contribution in [3.63, 3.8) is 0 Å². The highest BCUT2D eigenvalue weighted by Gasteiger charge is 2.31. The lowest BCUT2D eigenvalue weighted by Gasteiger charge is -2.17. The van der Waals surface area contributed by atoms with Gasteiger partial charge in [0.25, 0.3) is 0 Å². The average molecular weight is 428 g/mol. The molecule has 1 saturated heterocycles. The van der Waals surface area contributed by atoms with Crippen molar-refractivity contribution in [2.75, 3.05) is 18.4 Å². The number of hydrogen-bond acceptors (Lipinski definition) is 4. The molecule has 4 nitrogen and oxygen atoms in total. The lowest BCUT2D eigenvalue weighted by atomic mass is 10.0. The molecule has 0 radical (unpaired) electrons. The number of hydrogen-bond donors (Lipinski definition) is 2. The Hall–Kier alpha value is -3.19. The third kappa shape index (κ3) is 5.92. The molecule has 0 unspecified atom stereocenters. The Kier molecular flexibility index (Phi) is 6.32. The summed E-state index contributed by atoms with van der Waals surface area (Å²) in [5.41, 5.74) is 2.85. The van der Waals surface area contributed by atoms with Crippen LogP contribution in [0.3, 0.4) is 0 Å². The normalized spacial score (nSPS) is 16.2. The van der Waals surface area contributed by atoms with Crippen molar-refractivity contribution in [2.24, 2.45) is 0 Å². The second kappa shape index (κ2) is 9.31. The molecule has 31 heavy (non-hydrogen) atoms. The van der Waals surface area contributed by atoms with Crippen molar-refractivity contribution in [3.05, 3.63) is 72.8 Å². The van der Waals surface area contributed by atoms with Crippen LogP contribution in [0.1, 0.15) is 12.8 Å². The van der Waals surface area contributed by atoms with E-state index in [9.17, 15) is 13.2 Å². The molecule has 2 N–H and O–H groups in total. The summed E-state index contributed by atoms with van der Waals surface area (Å²) in [6.45, 7) is 1.79. The van der Waals surface area contributed by atoms with Crippen LogP contribution < -0.4 is 20.1 Å². The first kappa shape index (κ1) is 21.1. The van der Waals surface area contributed by atoms with Crippen LogP contribution in [0.5, 0.6) is 17.2 Å². The standard InChI is InChI=1S/C24H23F3N2O2/c25-24(26,27)31-21-11-9-20(10-12-21)30-23-15-18(17-5-2-1-3-6-17)8-13-22(23)29-16-19-7-4-14-28-19/h1-3,5-6,8-13,15,19,28-29H,4,7,14,16H2/t19-/m0/s1. The van der Waals surface area contributed by atoms with Gasteiger partial charge < -0.3 is 20.1 Å². The van der Waals surface area contributed by atoms with Gasteiger partial charge in [0, 0.05) is 12.6 Å². The maximum absolute atomic E-state index is 12.4. The Morgan fingerprint density at radius 2 is 1.65 bits per heavy atom. The first-order valence-electron chi connectivity index (χ1n) is 10.2. The fourth-order valence-corrected chi connectivity index (χ4v) is 3.56. The van der Waals surface area contributed by atoms with Gasteiger partial charge in [-0.05, 0) is 66.9 Å². The molecule has 1 aliphatic rings. The van der Waals surface area contributed by atoms with Gasteiger partial charge >= 0.3 is 6.36 Å². The van der Waals surface area contributed by atoms with Crippen LogP contribution >= 0.6 is 0 Å². The first-order chi connectivity index (χ1) is 15.0. The van der Waals surface area contributed by atoms with Gasteiger partial charge in [-0.3, -0.25) is 0 Å². The minimum atomic E-state index is -4.72. The summed E-state index contributed by atoms with van der Waals surface area (Å²) >= 11 is 0. The first-order valence-corrected chi connectivity index (χ1v) is 10.2. The average Bonchev–Trinajstić information content (AvgIpc) is 3.27. The number of nitrogens with one attached hydrogen (secondary N) is 2. The number of rotatable bonds is 7. The van der Waals surface area contributed by atoms with Gasteiger partial charge in [-0.1, -0.05) is 36.4 Å². The van der Waals surface area contributed by atoms with E-state index in [4.69, 9.17) is 4.74 Å². The Balaban J connectivity index is 1.56. The summed E-state index contributed by atoms with van der Waals surface area (Å²) in [5, 5.41) is 6.88. The van der Waals surface area contributed by atoms with Crippen molar-refractivity contribution < 1.29 is 22.6 Å². The molecule has 0 amide bonds. The lowest BCUT2D eigenvalue weighted by Crippen LogP contribution is -2.29. The molecule has 0 saturated carbocycles. The van der Waals surface area contributed by atoms with Crippen LogP contribution in [0.15, 0.2) is 72.8 Å². The topological polar surface area (TPSA) is 42.5 Å². The molecule has 0 aliphatic carbocycles. The van der Waals surface area contributed by atoms with Crippen LogP contribution in [0, 0.1) is 0 Å². The number of alkyl halides is 3. The number of anilines is 1. The highest BCUT2D eigenvalue weighted by molar-refractivity contribution is 5.71. The summed E-state index contributed by atoms with van der Waals surface area (Å²) in [7, 11) is 0. The minimum Gasteiger partial charge on any atom is -0.455 e. The third-order valence-electron chi connectivity index (χ3n) is 5.08. The zero-order valence-corrected chi connectivity index (χ0v) is 16.8. The predicted molar refractivity (Wildman–Crippen MR) is 115 cm³/mol. The summed E-state index contributed by atoms with van der Waals surface area (Å²) < 4.78 is 47.2. The van der Waals surface area contributed by atoms with Crippen molar-refractivity contribution in [2.45, 2.75) is 25.2 Å². The number of halogens is 3. The Bertz CT molecular complexity index is 986. The van der Waals surface area contributed by atoms with Gasteiger partial charge in [0.15, 0.2) is 5.75 Å². The fourth-order valence-electron chi connectivity index (χ4n) is 3.56. The maximum Gasteiger partial charge on any atom is 0.573 e. The molecule has 162 valence electrons. The quantitative estimate of drug-likeness (QED) is 0.470. The molecule has 1 fully saturated rings. The summed E-state index contributed by atoms with van der Waals surface area (Å²) in [6, 6.07) is 21.6. The van der Waals surface area contributed by atoms with E-state index in [1.54, 1.807) is 0 Å². The zero-order valence-electron chi connectivity index (χ0n) is 16.8. The molecule has 0 bridgehead atoms. The lowest BCUT2D eigenvalue weighted by molar-refractivity contribution is -0.274. The van der Waals surface area contributed by atoms with Crippen LogP contribution in [0.25, 0.3) is 11.1 Å². The summed E-state index contributed by atoms with van der Waals surface area (Å²) in [6.07, 6.45) is -2.45. The van der Waals surface area contributed by atoms with E-state index in [-0.39, 0.29) is 5.75 Å². The molecule has 4 rings (SSSR count). The Morgan fingerprint density at radius 3 is 2.32 bits per heavy atom. The summed E-state index contributed by atoms with van der Waals surface area (Å²) in [5.74, 6) is 0.731. The van der Waals surface area contributed by atoms with Crippen LogP contribution in [-0.4, -0.2) is 25.5 Å². The monoisotopic (exact) mass is 428 g/mol. The molecular formula is C24H23F3N2O2. The summed E-state index contributed by atoms with van der Waals surface area (Å²) in [4.78, 5) is 0. The van der Waals surface area contributed by atoms with E-state index in [1.807, 2.05) is 48.5 Å². The second-order valence-electron chi connectivity index (χ2n) is 7.37.